The van der Waals surface area contributed by atoms with E-state index in [-0.39, 0.29) is 28.0 Å². The van der Waals surface area contributed by atoms with Gasteiger partial charge in [-0.25, -0.2) is 13.2 Å². The minimum Gasteiger partial charge on any atom is -0.478 e. The van der Waals surface area contributed by atoms with E-state index >= 15 is 0 Å². The van der Waals surface area contributed by atoms with E-state index in [1.54, 1.807) is 0 Å². The lowest BCUT2D eigenvalue weighted by atomic mass is 10.2. The molecule has 1 N–H and O–H groups in total. The first kappa shape index (κ1) is 16.0. The number of nitrogens with zero attached hydrogens (tertiary/aromatic N) is 2. The van der Waals surface area contributed by atoms with E-state index in [9.17, 15) is 18.3 Å². The van der Waals surface area contributed by atoms with Gasteiger partial charge in [-0.2, -0.15) is 4.31 Å². The average molecular weight is 316 g/mol. The number of hydrogen-bond donors (Lipinski definition) is 1. The molecular weight excluding hydrogens is 296 g/mol. The number of aromatic carboxylic acids is 1. The molecule has 1 aromatic rings. The number of sulfonamides is 1. The molecular formula is C13H20N2O5S. The second-order valence-electron chi connectivity index (χ2n) is 5.49. The third-order valence-corrected chi connectivity index (χ3v) is 5.89. The number of carboxylic acid groups (broad SMARTS) is 1. The number of rotatable bonds is 4. The molecule has 1 fully saturated rings. The summed E-state index contributed by atoms with van der Waals surface area (Å²) in [7, 11) is -0.0595. The van der Waals surface area contributed by atoms with E-state index in [0.717, 1.165) is 6.42 Å². The summed E-state index contributed by atoms with van der Waals surface area (Å²) >= 11 is 0. The molecule has 2 heterocycles. The van der Waals surface area contributed by atoms with E-state index in [2.05, 4.69) is 0 Å². The first-order valence-corrected chi connectivity index (χ1v) is 8.10. The largest absolute Gasteiger partial charge is 0.478 e. The van der Waals surface area contributed by atoms with Gasteiger partial charge in [-0.3, -0.25) is 0 Å². The monoisotopic (exact) mass is 316 g/mol. The average Bonchev–Trinajstić information content (AvgIpc) is 2.93. The minimum absolute atomic E-state index is 0.113. The predicted molar refractivity (Wildman–Crippen MR) is 76.0 cm³/mol. The summed E-state index contributed by atoms with van der Waals surface area (Å²) < 4.78 is 32.1. The maximum Gasteiger partial charge on any atom is 0.340 e. The first-order chi connectivity index (χ1) is 9.66. The quantitative estimate of drug-likeness (QED) is 0.888. The summed E-state index contributed by atoms with van der Waals surface area (Å²) in [6.07, 6.45) is 0.727. The van der Waals surface area contributed by atoms with Crippen LogP contribution in [0.5, 0.6) is 0 Å². The molecule has 0 amide bonds. The first-order valence-electron chi connectivity index (χ1n) is 6.66. The van der Waals surface area contributed by atoms with Crippen LogP contribution in [0.25, 0.3) is 0 Å². The lowest BCUT2D eigenvalue weighted by Gasteiger charge is -2.20. The molecule has 0 spiro atoms. The van der Waals surface area contributed by atoms with Crippen molar-refractivity contribution in [3.05, 3.63) is 17.1 Å². The van der Waals surface area contributed by atoms with Gasteiger partial charge < -0.3 is 14.4 Å². The van der Waals surface area contributed by atoms with Crippen LogP contribution in [0.15, 0.2) is 9.31 Å². The second kappa shape index (κ2) is 5.43. The minimum atomic E-state index is -3.86. The summed E-state index contributed by atoms with van der Waals surface area (Å²) in [5.41, 5.74) is -0.263. The Balaban J connectivity index is 2.44. The van der Waals surface area contributed by atoms with E-state index in [1.165, 1.54) is 18.2 Å². The van der Waals surface area contributed by atoms with Crippen molar-refractivity contribution in [2.75, 3.05) is 27.2 Å². The normalized spacial score (nSPS) is 20.3. The van der Waals surface area contributed by atoms with Crippen molar-refractivity contribution in [3.63, 3.8) is 0 Å². The van der Waals surface area contributed by atoms with Crippen LogP contribution >= 0.6 is 0 Å². The lowest BCUT2D eigenvalue weighted by molar-refractivity contribution is 0.0691. The SMILES string of the molecule is Cc1oc(C)c(S(=O)(=O)N2CCC(N(C)C)C2)c1C(=O)O. The van der Waals surface area contributed by atoms with E-state index in [4.69, 9.17) is 4.42 Å². The van der Waals surface area contributed by atoms with E-state index in [1.807, 2.05) is 19.0 Å². The number of hydrogen-bond acceptors (Lipinski definition) is 5. The number of carbonyl (C=O) groups is 1. The van der Waals surface area contributed by atoms with Crippen LogP contribution in [0.4, 0.5) is 0 Å². The summed E-state index contributed by atoms with van der Waals surface area (Å²) in [6.45, 7) is 3.68. The van der Waals surface area contributed by atoms with Crippen LogP contribution in [0, 0.1) is 13.8 Å². The Hall–Kier alpha value is -1.38. The van der Waals surface area contributed by atoms with Gasteiger partial charge in [0, 0.05) is 19.1 Å². The molecule has 118 valence electrons. The van der Waals surface area contributed by atoms with E-state index < -0.39 is 16.0 Å². The van der Waals surface area contributed by atoms with Gasteiger partial charge in [0.05, 0.1) is 0 Å². The summed E-state index contributed by atoms with van der Waals surface area (Å²) in [4.78, 5) is 13.1. The second-order valence-corrected chi connectivity index (χ2v) is 7.37. The number of furan rings is 1. The van der Waals surface area contributed by atoms with Gasteiger partial charge in [0.2, 0.25) is 10.0 Å². The van der Waals surface area contributed by atoms with Crippen LogP contribution in [0.3, 0.4) is 0 Å². The molecule has 0 aliphatic carbocycles. The molecule has 1 aliphatic rings. The number of likely N-dealkylation sites (N-methyl/N-ethyl adjacent to an activating group) is 1. The molecule has 0 aromatic carbocycles. The highest BCUT2D eigenvalue weighted by Crippen LogP contribution is 2.31. The smallest absolute Gasteiger partial charge is 0.340 e. The molecule has 0 bridgehead atoms. The maximum atomic E-state index is 12.7. The molecule has 1 saturated heterocycles. The van der Waals surface area contributed by atoms with Crippen LogP contribution < -0.4 is 0 Å². The van der Waals surface area contributed by atoms with Crippen molar-refractivity contribution in [1.82, 2.24) is 9.21 Å². The Bertz CT molecular complexity index is 662. The maximum absolute atomic E-state index is 12.7. The highest BCUT2D eigenvalue weighted by molar-refractivity contribution is 7.89. The van der Waals surface area contributed by atoms with Gasteiger partial charge in [-0.1, -0.05) is 0 Å². The molecule has 1 atom stereocenters. The van der Waals surface area contributed by atoms with Crippen molar-refractivity contribution >= 4 is 16.0 Å². The molecule has 1 aromatic heterocycles. The van der Waals surface area contributed by atoms with Crippen LogP contribution in [0.1, 0.15) is 28.3 Å². The lowest BCUT2D eigenvalue weighted by Crippen LogP contribution is -2.35. The van der Waals surface area contributed by atoms with Gasteiger partial charge in [0.15, 0.2) is 0 Å². The Labute approximate surface area is 124 Å². The Morgan fingerprint density at radius 2 is 1.95 bits per heavy atom. The summed E-state index contributed by atoms with van der Waals surface area (Å²) in [5, 5.41) is 9.25. The van der Waals surface area contributed by atoms with Crippen molar-refractivity contribution in [1.29, 1.82) is 0 Å². The van der Waals surface area contributed by atoms with Crippen LogP contribution in [-0.4, -0.2) is 61.9 Å². The molecule has 8 heteroatoms. The topological polar surface area (TPSA) is 91.1 Å². The van der Waals surface area contributed by atoms with Crippen molar-refractivity contribution in [2.45, 2.75) is 31.2 Å². The van der Waals surface area contributed by atoms with Crippen molar-refractivity contribution in [3.8, 4) is 0 Å². The highest BCUT2D eigenvalue weighted by Gasteiger charge is 2.39. The van der Waals surface area contributed by atoms with Gasteiger partial charge in [-0.05, 0) is 34.4 Å². The van der Waals surface area contributed by atoms with Gasteiger partial charge in [0.25, 0.3) is 0 Å². The summed E-state index contributed by atoms with van der Waals surface area (Å²) in [6, 6.07) is 0.140. The Morgan fingerprint density at radius 1 is 1.33 bits per heavy atom. The molecule has 1 aliphatic heterocycles. The number of aryl methyl sites for hydroxylation is 2. The Kier molecular flexibility index (Phi) is 4.14. The zero-order chi connectivity index (χ0) is 15.9. The fourth-order valence-electron chi connectivity index (χ4n) is 2.70. The third-order valence-electron chi connectivity index (χ3n) is 3.87. The third kappa shape index (κ3) is 2.70. The zero-order valence-corrected chi connectivity index (χ0v) is 13.4. The molecule has 7 nitrogen and oxygen atoms in total. The van der Waals surface area contributed by atoms with Gasteiger partial charge >= 0.3 is 5.97 Å². The molecule has 1 unspecified atom stereocenters. The van der Waals surface area contributed by atoms with Crippen LogP contribution in [0.2, 0.25) is 0 Å². The predicted octanol–water partition coefficient (Wildman–Crippen LogP) is 0.919. The molecule has 21 heavy (non-hydrogen) atoms. The molecule has 2 rings (SSSR count). The highest BCUT2D eigenvalue weighted by atomic mass is 32.2. The standard InChI is InChI=1S/C13H20N2O5S/c1-8-11(13(16)17)12(9(2)20-8)21(18,19)15-6-5-10(7-15)14(3)4/h10H,5-7H2,1-4H3,(H,16,17). The van der Waals surface area contributed by atoms with Crippen molar-refractivity contribution in [2.24, 2.45) is 0 Å². The fourth-order valence-corrected chi connectivity index (χ4v) is 4.57. The summed E-state index contributed by atoms with van der Waals surface area (Å²) in [5.74, 6) is -1.05. The zero-order valence-electron chi connectivity index (χ0n) is 12.6. The fraction of sp³-hybridized carbons (Fsp3) is 0.615. The Morgan fingerprint density at radius 3 is 2.43 bits per heavy atom. The van der Waals surface area contributed by atoms with Crippen LogP contribution in [-0.2, 0) is 10.0 Å². The van der Waals surface area contributed by atoms with E-state index in [0.29, 0.717) is 13.1 Å². The molecule has 0 radical (unpaired) electrons. The van der Waals surface area contributed by atoms with Gasteiger partial charge in [-0.15, -0.1) is 0 Å². The number of carboxylic acids is 1. The molecule has 0 saturated carbocycles. The van der Waals surface area contributed by atoms with Crippen molar-refractivity contribution < 1.29 is 22.7 Å². The van der Waals surface area contributed by atoms with Gasteiger partial charge in [0.1, 0.15) is 22.0 Å².